The first-order valence-corrected chi connectivity index (χ1v) is 3.93. The Hall–Kier alpha value is -0.610. The van der Waals surface area contributed by atoms with Crippen molar-refractivity contribution < 1.29 is 0 Å². The maximum Gasteiger partial charge on any atom is 0.213 e. The number of rotatable bonds is 0. The summed E-state index contributed by atoms with van der Waals surface area (Å²) in [5, 5.41) is 5.62. The Bertz CT molecular complexity index is 301. The van der Waals surface area contributed by atoms with Crippen molar-refractivity contribution in [2.45, 2.75) is 6.92 Å². The van der Waals surface area contributed by atoms with Crippen LogP contribution in [0.1, 0.15) is 5.01 Å². The van der Waals surface area contributed by atoms with Crippen LogP contribution in [0.3, 0.4) is 0 Å². The zero-order valence-corrected chi connectivity index (χ0v) is 6.78. The van der Waals surface area contributed by atoms with Gasteiger partial charge in [0.25, 0.3) is 0 Å². The molecule has 0 saturated carbocycles. The van der Waals surface area contributed by atoms with Crippen molar-refractivity contribution in [1.29, 1.82) is 0 Å². The van der Waals surface area contributed by atoms with Gasteiger partial charge in [-0.15, -0.1) is 0 Å². The van der Waals surface area contributed by atoms with Crippen molar-refractivity contribution >= 4 is 27.9 Å². The molecule has 0 spiro atoms. The number of halogens is 1. The van der Waals surface area contributed by atoms with Gasteiger partial charge in [-0.05, 0) is 6.92 Å². The Morgan fingerprint density at radius 1 is 1.70 bits per heavy atom. The van der Waals surface area contributed by atoms with Gasteiger partial charge in [0.15, 0.2) is 5.15 Å². The zero-order chi connectivity index (χ0) is 7.14. The largest absolute Gasteiger partial charge is 0.213 e. The van der Waals surface area contributed by atoms with E-state index >= 15 is 0 Å². The predicted octanol–water partition coefficient (Wildman–Crippen LogP) is 1.75. The summed E-state index contributed by atoms with van der Waals surface area (Å²) in [5.74, 6) is 0. The van der Waals surface area contributed by atoms with Crippen molar-refractivity contribution in [2.75, 3.05) is 0 Å². The lowest BCUT2D eigenvalue weighted by Gasteiger charge is -1.73. The van der Waals surface area contributed by atoms with Crippen LogP contribution in [-0.4, -0.2) is 14.6 Å². The molecule has 2 heterocycles. The number of imidazole rings is 1. The van der Waals surface area contributed by atoms with E-state index in [2.05, 4.69) is 10.1 Å². The number of aromatic nitrogens is 3. The first-order valence-electron chi connectivity index (χ1n) is 2.74. The number of aryl methyl sites for hydroxylation is 1. The fraction of sp³-hybridized carbons (Fsp3) is 0.200. The lowest BCUT2D eigenvalue weighted by atomic mass is 10.9. The molecule has 2 aromatic heterocycles. The highest BCUT2D eigenvalue weighted by Crippen LogP contribution is 2.15. The Kier molecular flexibility index (Phi) is 1.18. The second-order valence-electron chi connectivity index (χ2n) is 1.91. The van der Waals surface area contributed by atoms with Gasteiger partial charge in [0.2, 0.25) is 4.96 Å². The van der Waals surface area contributed by atoms with Gasteiger partial charge in [-0.1, -0.05) is 22.9 Å². The molecule has 0 N–H and O–H groups in total. The molecule has 0 saturated heterocycles. The van der Waals surface area contributed by atoms with Crippen LogP contribution >= 0.6 is 22.9 Å². The van der Waals surface area contributed by atoms with Crippen molar-refractivity contribution in [2.24, 2.45) is 0 Å². The molecule has 0 fully saturated rings. The van der Waals surface area contributed by atoms with Gasteiger partial charge in [0.05, 0.1) is 6.20 Å². The smallest absolute Gasteiger partial charge is 0.209 e. The molecule has 3 nitrogen and oxygen atoms in total. The highest BCUT2D eigenvalue weighted by Gasteiger charge is 2.01. The number of hydrogen-bond donors (Lipinski definition) is 0. The molecule has 0 amide bonds. The minimum Gasteiger partial charge on any atom is -0.209 e. The molecule has 0 bridgehead atoms. The van der Waals surface area contributed by atoms with Crippen LogP contribution in [-0.2, 0) is 0 Å². The Morgan fingerprint density at radius 3 is 3.20 bits per heavy atom. The van der Waals surface area contributed by atoms with Crippen LogP contribution < -0.4 is 0 Å². The second-order valence-corrected chi connectivity index (χ2v) is 3.46. The topological polar surface area (TPSA) is 30.2 Å². The summed E-state index contributed by atoms with van der Waals surface area (Å²) in [6.07, 6.45) is 1.69. The Morgan fingerprint density at radius 2 is 2.50 bits per heavy atom. The van der Waals surface area contributed by atoms with E-state index in [1.165, 1.54) is 11.3 Å². The fourth-order valence-electron chi connectivity index (χ4n) is 0.773. The SMILES string of the molecule is Cc1nn2cc(Cl)nc2s1. The Balaban J connectivity index is 2.83. The molecule has 2 rings (SSSR count). The quantitative estimate of drug-likeness (QED) is 0.608. The highest BCUT2D eigenvalue weighted by atomic mass is 35.5. The monoisotopic (exact) mass is 173 g/mol. The molecule has 10 heavy (non-hydrogen) atoms. The molecule has 2 aromatic rings. The first kappa shape index (κ1) is 6.12. The van der Waals surface area contributed by atoms with Gasteiger partial charge < -0.3 is 0 Å². The number of hydrogen-bond acceptors (Lipinski definition) is 3. The molecule has 0 aliphatic heterocycles. The number of fused-ring (bicyclic) bond motifs is 1. The van der Waals surface area contributed by atoms with Gasteiger partial charge in [0, 0.05) is 0 Å². The molecular weight excluding hydrogens is 170 g/mol. The van der Waals surface area contributed by atoms with Crippen molar-refractivity contribution in [1.82, 2.24) is 14.6 Å². The van der Waals surface area contributed by atoms with Crippen LogP contribution in [0.15, 0.2) is 6.20 Å². The van der Waals surface area contributed by atoms with E-state index in [0.29, 0.717) is 5.15 Å². The standard InChI is InChI=1S/C5H4ClN3S/c1-3-8-9-2-4(6)7-5(9)10-3/h2H,1H3. The third kappa shape index (κ3) is 0.803. The van der Waals surface area contributed by atoms with E-state index in [1.54, 1.807) is 10.7 Å². The van der Waals surface area contributed by atoms with Crippen molar-refractivity contribution in [3.8, 4) is 0 Å². The van der Waals surface area contributed by atoms with Crippen molar-refractivity contribution in [3.63, 3.8) is 0 Å². The van der Waals surface area contributed by atoms with Crippen LogP contribution in [0.4, 0.5) is 0 Å². The van der Waals surface area contributed by atoms with E-state index in [1.807, 2.05) is 6.92 Å². The molecule has 0 aromatic carbocycles. The summed E-state index contributed by atoms with van der Waals surface area (Å²) in [7, 11) is 0. The van der Waals surface area contributed by atoms with E-state index in [0.717, 1.165) is 9.97 Å². The van der Waals surface area contributed by atoms with Gasteiger partial charge in [-0.2, -0.15) is 5.10 Å². The summed E-state index contributed by atoms with van der Waals surface area (Å²) in [6.45, 7) is 1.94. The van der Waals surface area contributed by atoms with Crippen LogP contribution in [0.25, 0.3) is 4.96 Å². The molecule has 52 valence electrons. The van der Waals surface area contributed by atoms with Crippen LogP contribution in [0.2, 0.25) is 5.15 Å². The molecule has 0 unspecified atom stereocenters. The molecule has 0 radical (unpaired) electrons. The molecular formula is C5H4ClN3S. The molecule has 5 heteroatoms. The Labute approximate surface area is 66.3 Å². The minimum absolute atomic E-state index is 0.499. The summed E-state index contributed by atoms with van der Waals surface area (Å²) in [5.41, 5.74) is 0. The van der Waals surface area contributed by atoms with Gasteiger partial charge >= 0.3 is 0 Å². The third-order valence-corrected chi connectivity index (χ3v) is 2.13. The van der Waals surface area contributed by atoms with Crippen LogP contribution in [0.5, 0.6) is 0 Å². The molecule has 0 aliphatic rings. The van der Waals surface area contributed by atoms with E-state index in [9.17, 15) is 0 Å². The maximum atomic E-state index is 5.61. The summed E-state index contributed by atoms with van der Waals surface area (Å²) >= 11 is 7.14. The lowest BCUT2D eigenvalue weighted by molar-refractivity contribution is 0.946. The van der Waals surface area contributed by atoms with Gasteiger partial charge in [0.1, 0.15) is 5.01 Å². The first-order chi connectivity index (χ1) is 4.75. The van der Waals surface area contributed by atoms with Gasteiger partial charge in [-0.3, -0.25) is 0 Å². The molecule has 0 aliphatic carbocycles. The third-order valence-electron chi connectivity index (χ3n) is 1.11. The average molecular weight is 174 g/mol. The second kappa shape index (κ2) is 1.93. The summed E-state index contributed by atoms with van der Waals surface area (Å²) in [6, 6.07) is 0. The number of nitrogens with zero attached hydrogens (tertiary/aromatic N) is 3. The van der Waals surface area contributed by atoms with E-state index in [4.69, 9.17) is 11.6 Å². The average Bonchev–Trinajstić information content (AvgIpc) is 2.21. The van der Waals surface area contributed by atoms with Crippen molar-refractivity contribution in [3.05, 3.63) is 16.4 Å². The fourth-order valence-corrected chi connectivity index (χ4v) is 1.72. The normalized spacial score (nSPS) is 11.0. The van der Waals surface area contributed by atoms with E-state index in [-0.39, 0.29) is 0 Å². The maximum absolute atomic E-state index is 5.61. The summed E-state index contributed by atoms with van der Waals surface area (Å²) in [4.78, 5) is 4.87. The van der Waals surface area contributed by atoms with E-state index < -0.39 is 0 Å². The summed E-state index contributed by atoms with van der Waals surface area (Å²) < 4.78 is 1.68. The van der Waals surface area contributed by atoms with Gasteiger partial charge in [-0.25, -0.2) is 9.50 Å². The zero-order valence-electron chi connectivity index (χ0n) is 5.21. The molecule has 0 atom stereocenters. The predicted molar refractivity (Wildman–Crippen MR) is 40.6 cm³/mol. The minimum atomic E-state index is 0.499. The highest BCUT2D eigenvalue weighted by molar-refractivity contribution is 7.16. The van der Waals surface area contributed by atoms with Crippen LogP contribution in [0, 0.1) is 6.92 Å². The lowest BCUT2D eigenvalue weighted by Crippen LogP contribution is -1.78.